The number of ether oxygens (including phenoxy) is 2. The van der Waals surface area contributed by atoms with Crippen molar-refractivity contribution < 1.29 is 19.1 Å². The zero-order valence-electron chi connectivity index (χ0n) is 11.9. The Morgan fingerprint density at radius 2 is 1.91 bits per heavy atom. The van der Waals surface area contributed by atoms with Gasteiger partial charge >= 0.3 is 0 Å². The molecule has 0 aliphatic rings. The number of hydrogen-bond donors (Lipinski definition) is 2. The molecule has 1 heterocycles. The highest BCUT2D eigenvalue weighted by Crippen LogP contribution is 2.13. The van der Waals surface area contributed by atoms with E-state index >= 15 is 0 Å². The summed E-state index contributed by atoms with van der Waals surface area (Å²) in [7, 11) is 1.51. The number of nitrogens with zero attached hydrogens (tertiary/aromatic N) is 1. The number of nitrogens with two attached hydrogens (primary N) is 1. The minimum absolute atomic E-state index is 0.165. The molecule has 1 aromatic heterocycles. The monoisotopic (exact) mass is 301 g/mol. The van der Waals surface area contributed by atoms with Crippen LogP contribution in [0.15, 0.2) is 42.6 Å². The summed E-state index contributed by atoms with van der Waals surface area (Å²) in [6.45, 7) is -0.165. The molecule has 0 saturated heterocycles. The fourth-order valence-corrected chi connectivity index (χ4v) is 1.64. The average molecular weight is 301 g/mol. The van der Waals surface area contributed by atoms with E-state index in [1.807, 2.05) is 0 Å². The Morgan fingerprint density at radius 1 is 1.18 bits per heavy atom. The molecule has 0 aliphatic heterocycles. The van der Waals surface area contributed by atoms with Gasteiger partial charge in [0.2, 0.25) is 11.8 Å². The fourth-order valence-electron chi connectivity index (χ4n) is 1.64. The molecule has 0 unspecified atom stereocenters. The number of nitrogens with one attached hydrogen (secondary N) is 1. The van der Waals surface area contributed by atoms with Gasteiger partial charge in [0.05, 0.1) is 19.0 Å². The van der Waals surface area contributed by atoms with E-state index in [0.717, 1.165) is 0 Å². The summed E-state index contributed by atoms with van der Waals surface area (Å²) in [4.78, 5) is 26.6. The van der Waals surface area contributed by atoms with Gasteiger partial charge < -0.3 is 20.5 Å². The smallest absolute Gasteiger partial charge is 0.262 e. The minimum atomic E-state index is -0.517. The first-order chi connectivity index (χ1) is 10.6. The number of carbonyl (C=O) groups excluding carboxylic acids is 2. The Kier molecular flexibility index (Phi) is 4.92. The molecule has 2 rings (SSSR count). The van der Waals surface area contributed by atoms with Crippen molar-refractivity contribution in [3.8, 4) is 11.6 Å². The lowest BCUT2D eigenvalue weighted by molar-refractivity contribution is -0.118. The molecule has 0 atom stereocenters. The molecule has 0 saturated carbocycles. The standard InChI is InChI=1S/C15H15N3O4/c1-21-14-7-4-11(8-17-14)18-13(19)9-22-12-5-2-10(3-6-12)15(16)20/h2-8H,9H2,1H3,(H2,16,20)(H,18,19). The third-order valence-corrected chi connectivity index (χ3v) is 2.74. The van der Waals surface area contributed by atoms with Crippen LogP contribution in [0.5, 0.6) is 11.6 Å². The number of anilines is 1. The van der Waals surface area contributed by atoms with Gasteiger partial charge in [0, 0.05) is 11.6 Å². The van der Waals surface area contributed by atoms with E-state index in [4.69, 9.17) is 15.2 Å². The topological polar surface area (TPSA) is 104 Å². The molecule has 0 bridgehead atoms. The molecule has 0 radical (unpaired) electrons. The van der Waals surface area contributed by atoms with Gasteiger partial charge in [-0.05, 0) is 30.3 Å². The number of pyridine rings is 1. The third kappa shape index (κ3) is 4.20. The van der Waals surface area contributed by atoms with Gasteiger partial charge in [0.1, 0.15) is 5.75 Å². The number of methoxy groups -OCH3 is 1. The van der Waals surface area contributed by atoms with E-state index in [-0.39, 0.29) is 12.5 Å². The predicted octanol–water partition coefficient (Wildman–Crippen LogP) is 1.21. The maximum absolute atomic E-state index is 11.7. The van der Waals surface area contributed by atoms with Crippen molar-refractivity contribution in [3.05, 3.63) is 48.2 Å². The van der Waals surface area contributed by atoms with E-state index in [0.29, 0.717) is 22.9 Å². The van der Waals surface area contributed by atoms with Gasteiger partial charge in [-0.15, -0.1) is 0 Å². The predicted molar refractivity (Wildman–Crippen MR) is 79.9 cm³/mol. The molecule has 2 aromatic rings. The molecule has 7 nitrogen and oxygen atoms in total. The van der Waals surface area contributed by atoms with E-state index in [1.165, 1.54) is 25.4 Å². The molecule has 2 amide bonds. The minimum Gasteiger partial charge on any atom is -0.484 e. The number of carbonyl (C=O) groups is 2. The molecule has 0 spiro atoms. The van der Waals surface area contributed by atoms with Crippen molar-refractivity contribution in [2.45, 2.75) is 0 Å². The van der Waals surface area contributed by atoms with Crippen LogP contribution in [0.1, 0.15) is 10.4 Å². The van der Waals surface area contributed by atoms with E-state index in [2.05, 4.69) is 10.3 Å². The number of aromatic nitrogens is 1. The van der Waals surface area contributed by atoms with Crippen LogP contribution in [0.2, 0.25) is 0 Å². The Labute approximate surface area is 127 Å². The first-order valence-electron chi connectivity index (χ1n) is 6.41. The van der Waals surface area contributed by atoms with Crippen LogP contribution >= 0.6 is 0 Å². The lowest BCUT2D eigenvalue weighted by atomic mass is 10.2. The van der Waals surface area contributed by atoms with Crippen LogP contribution in [0.25, 0.3) is 0 Å². The molecule has 3 N–H and O–H groups in total. The van der Waals surface area contributed by atoms with Crippen LogP contribution in [0, 0.1) is 0 Å². The zero-order chi connectivity index (χ0) is 15.9. The highest BCUT2D eigenvalue weighted by atomic mass is 16.5. The molecule has 22 heavy (non-hydrogen) atoms. The van der Waals surface area contributed by atoms with Crippen LogP contribution in [-0.4, -0.2) is 30.5 Å². The number of benzene rings is 1. The lowest BCUT2D eigenvalue weighted by Gasteiger charge is -2.08. The van der Waals surface area contributed by atoms with Gasteiger partial charge in [0.25, 0.3) is 5.91 Å². The van der Waals surface area contributed by atoms with E-state index < -0.39 is 5.91 Å². The van der Waals surface area contributed by atoms with Gasteiger partial charge in [-0.3, -0.25) is 9.59 Å². The summed E-state index contributed by atoms with van der Waals surface area (Å²) < 4.78 is 10.2. The van der Waals surface area contributed by atoms with Crippen molar-refractivity contribution in [3.63, 3.8) is 0 Å². The van der Waals surface area contributed by atoms with E-state index in [9.17, 15) is 9.59 Å². The van der Waals surface area contributed by atoms with Crippen LogP contribution in [0.4, 0.5) is 5.69 Å². The largest absolute Gasteiger partial charge is 0.484 e. The summed E-state index contributed by atoms with van der Waals surface area (Å²) >= 11 is 0. The Bertz CT molecular complexity index is 653. The normalized spacial score (nSPS) is 9.86. The molecule has 114 valence electrons. The molecule has 0 fully saturated rings. The highest BCUT2D eigenvalue weighted by Gasteiger charge is 2.05. The molecule has 7 heteroatoms. The van der Waals surface area contributed by atoms with Crippen LogP contribution in [-0.2, 0) is 4.79 Å². The summed E-state index contributed by atoms with van der Waals surface area (Å²) in [5.41, 5.74) is 6.05. The fraction of sp³-hybridized carbons (Fsp3) is 0.133. The van der Waals surface area contributed by atoms with Crippen molar-refractivity contribution in [1.82, 2.24) is 4.98 Å². The summed E-state index contributed by atoms with van der Waals surface area (Å²) in [6, 6.07) is 9.51. The third-order valence-electron chi connectivity index (χ3n) is 2.74. The van der Waals surface area contributed by atoms with E-state index in [1.54, 1.807) is 24.3 Å². The SMILES string of the molecule is COc1ccc(NC(=O)COc2ccc(C(N)=O)cc2)cn1. The summed E-state index contributed by atoms with van der Waals surface area (Å²) in [5.74, 6) is 0.0824. The summed E-state index contributed by atoms with van der Waals surface area (Å²) in [5, 5.41) is 2.64. The average Bonchev–Trinajstić information content (AvgIpc) is 2.54. The van der Waals surface area contributed by atoms with Gasteiger partial charge in [0.15, 0.2) is 6.61 Å². The molecule has 0 aliphatic carbocycles. The Morgan fingerprint density at radius 3 is 2.45 bits per heavy atom. The second-order valence-corrected chi connectivity index (χ2v) is 4.31. The Balaban J connectivity index is 1.85. The van der Waals surface area contributed by atoms with Gasteiger partial charge in [-0.25, -0.2) is 4.98 Å². The molecule has 1 aromatic carbocycles. The van der Waals surface area contributed by atoms with Crippen LogP contribution in [0.3, 0.4) is 0 Å². The zero-order valence-corrected chi connectivity index (χ0v) is 11.9. The highest BCUT2D eigenvalue weighted by molar-refractivity contribution is 5.93. The number of rotatable bonds is 6. The van der Waals surface area contributed by atoms with Crippen molar-refractivity contribution in [1.29, 1.82) is 0 Å². The molecular formula is C15H15N3O4. The van der Waals surface area contributed by atoms with Gasteiger partial charge in [-0.2, -0.15) is 0 Å². The second kappa shape index (κ2) is 7.07. The van der Waals surface area contributed by atoms with Crippen molar-refractivity contribution in [2.75, 3.05) is 19.0 Å². The maximum atomic E-state index is 11.7. The van der Waals surface area contributed by atoms with Crippen molar-refractivity contribution >= 4 is 17.5 Å². The summed E-state index contributed by atoms with van der Waals surface area (Å²) in [6.07, 6.45) is 1.48. The lowest BCUT2D eigenvalue weighted by Crippen LogP contribution is -2.20. The Hall–Kier alpha value is -3.09. The number of primary amides is 1. The first kappa shape index (κ1) is 15.3. The second-order valence-electron chi connectivity index (χ2n) is 4.31. The number of hydrogen-bond acceptors (Lipinski definition) is 5. The quantitative estimate of drug-likeness (QED) is 0.834. The molecular weight excluding hydrogens is 286 g/mol. The van der Waals surface area contributed by atoms with Gasteiger partial charge in [-0.1, -0.05) is 0 Å². The number of amides is 2. The van der Waals surface area contributed by atoms with Crippen molar-refractivity contribution in [2.24, 2.45) is 5.73 Å². The maximum Gasteiger partial charge on any atom is 0.262 e. The van der Waals surface area contributed by atoms with Crippen LogP contribution < -0.4 is 20.5 Å². The first-order valence-corrected chi connectivity index (χ1v) is 6.41.